The van der Waals surface area contributed by atoms with Crippen molar-refractivity contribution in [3.05, 3.63) is 35.1 Å². The van der Waals surface area contributed by atoms with E-state index in [0.717, 1.165) is 10.9 Å². The smallest absolute Gasteiger partial charge is 0.168 e. The zero-order chi connectivity index (χ0) is 13.4. The third kappa shape index (κ3) is 1.90. The molecule has 0 saturated carbocycles. The molecule has 0 aliphatic carbocycles. The zero-order valence-electron chi connectivity index (χ0n) is 10.8. The third-order valence-corrected chi connectivity index (χ3v) is 3.24. The van der Waals surface area contributed by atoms with E-state index in [2.05, 4.69) is 0 Å². The van der Waals surface area contributed by atoms with E-state index in [4.69, 9.17) is 0 Å². The molecule has 0 amide bonds. The lowest BCUT2D eigenvalue weighted by Gasteiger charge is -2.15. The fraction of sp³-hybridized carbons (Fsp3) is 0.333. The van der Waals surface area contributed by atoms with Gasteiger partial charge in [-0.15, -0.1) is 0 Å². The van der Waals surface area contributed by atoms with Gasteiger partial charge >= 0.3 is 0 Å². The van der Waals surface area contributed by atoms with Crippen LogP contribution in [0.3, 0.4) is 0 Å². The number of aromatic hydroxyl groups is 2. The van der Waals surface area contributed by atoms with E-state index in [1.54, 1.807) is 12.1 Å². The highest BCUT2D eigenvalue weighted by molar-refractivity contribution is 5.92. The summed E-state index contributed by atoms with van der Waals surface area (Å²) in [5.74, 6) is -0.606. The largest absolute Gasteiger partial charge is 0.508 e. The van der Waals surface area contributed by atoms with Gasteiger partial charge in [0.25, 0.3) is 0 Å². The van der Waals surface area contributed by atoms with E-state index in [9.17, 15) is 14.6 Å². The van der Waals surface area contributed by atoms with Gasteiger partial charge in [-0.05, 0) is 52.4 Å². The number of fused-ring (bicyclic) bond motifs is 1. The molecule has 0 spiro atoms. The fourth-order valence-electron chi connectivity index (χ4n) is 2.40. The average Bonchev–Trinajstić information content (AvgIpc) is 2.30. The minimum atomic E-state index is -0.558. The summed E-state index contributed by atoms with van der Waals surface area (Å²) >= 11 is 0. The molecule has 3 heteroatoms. The summed E-state index contributed by atoms with van der Waals surface area (Å²) in [5, 5.41) is 20.8. The van der Waals surface area contributed by atoms with Gasteiger partial charge in [0.15, 0.2) is 11.6 Å². The molecule has 0 aromatic heterocycles. The highest BCUT2D eigenvalue weighted by Crippen LogP contribution is 2.36. The van der Waals surface area contributed by atoms with Gasteiger partial charge in [-0.2, -0.15) is 0 Å². The van der Waals surface area contributed by atoms with E-state index in [-0.39, 0.29) is 17.4 Å². The average molecular weight is 248 g/mol. The van der Waals surface area contributed by atoms with Gasteiger partial charge in [-0.3, -0.25) is 0 Å². The summed E-state index contributed by atoms with van der Waals surface area (Å²) in [6.07, 6.45) is 0.501. The summed E-state index contributed by atoms with van der Waals surface area (Å²) in [6, 6.07) is 4.59. The predicted molar refractivity (Wildman–Crippen MR) is 70.7 cm³/mol. The molecular weight excluding hydrogens is 231 g/mol. The van der Waals surface area contributed by atoms with Crippen molar-refractivity contribution < 1.29 is 14.6 Å². The molecule has 0 heterocycles. The molecule has 0 aliphatic rings. The van der Waals surface area contributed by atoms with Crippen LogP contribution in [-0.2, 0) is 6.42 Å². The van der Waals surface area contributed by atoms with Gasteiger partial charge in [0.1, 0.15) is 5.75 Å². The van der Waals surface area contributed by atoms with Crippen molar-refractivity contribution in [1.29, 1.82) is 0 Å². The van der Waals surface area contributed by atoms with Crippen LogP contribution >= 0.6 is 0 Å². The zero-order valence-corrected chi connectivity index (χ0v) is 10.8. The van der Waals surface area contributed by atoms with Crippen LogP contribution in [0.1, 0.15) is 37.8 Å². The van der Waals surface area contributed by atoms with Crippen LogP contribution in [0.4, 0.5) is 4.39 Å². The quantitative estimate of drug-likeness (QED) is 0.840. The molecule has 0 atom stereocenters. The standard InChI is InChI=1S/C15H17FO2/c1-4-11-14-9(6-13(18)15(11)16)5-10(17)7-12(14)8(2)3/h5-8,17-18H,4H2,1-3H3. The maximum Gasteiger partial charge on any atom is 0.168 e. The normalized spacial score (nSPS) is 11.4. The van der Waals surface area contributed by atoms with Gasteiger partial charge in [0, 0.05) is 0 Å². The van der Waals surface area contributed by atoms with Crippen LogP contribution in [-0.4, -0.2) is 10.2 Å². The Kier molecular flexibility index (Phi) is 3.16. The van der Waals surface area contributed by atoms with Crippen molar-refractivity contribution in [2.45, 2.75) is 33.1 Å². The first-order valence-electron chi connectivity index (χ1n) is 6.12. The van der Waals surface area contributed by atoms with Crippen molar-refractivity contribution in [1.82, 2.24) is 0 Å². The van der Waals surface area contributed by atoms with Crippen LogP contribution in [0.15, 0.2) is 18.2 Å². The molecule has 0 aliphatic heterocycles. The van der Waals surface area contributed by atoms with Crippen LogP contribution in [0.2, 0.25) is 0 Å². The topological polar surface area (TPSA) is 40.5 Å². The number of phenolic OH excluding ortho intramolecular Hbond substituents is 2. The van der Waals surface area contributed by atoms with Crippen molar-refractivity contribution in [3.63, 3.8) is 0 Å². The highest BCUT2D eigenvalue weighted by atomic mass is 19.1. The van der Waals surface area contributed by atoms with E-state index < -0.39 is 5.82 Å². The minimum absolute atomic E-state index is 0.138. The number of hydrogen-bond donors (Lipinski definition) is 2. The third-order valence-electron chi connectivity index (χ3n) is 3.24. The second-order valence-electron chi connectivity index (χ2n) is 4.83. The van der Waals surface area contributed by atoms with Crippen molar-refractivity contribution in [2.24, 2.45) is 0 Å². The van der Waals surface area contributed by atoms with Crippen LogP contribution < -0.4 is 0 Å². The van der Waals surface area contributed by atoms with Crippen LogP contribution in [0, 0.1) is 5.82 Å². The fourth-order valence-corrected chi connectivity index (χ4v) is 2.40. The number of halogens is 1. The lowest BCUT2D eigenvalue weighted by atomic mass is 9.91. The van der Waals surface area contributed by atoms with E-state index in [0.29, 0.717) is 17.4 Å². The molecule has 0 fully saturated rings. The number of hydrogen-bond acceptors (Lipinski definition) is 2. The predicted octanol–water partition coefficient (Wildman–Crippen LogP) is 4.08. The van der Waals surface area contributed by atoms with Gasteiger partial charge in [-0.25, -0.2) is 4.39 Å². The summed E-state index contributed by atoms with van der Waals surface area (Å²) in [5.41, 5.74) is 1.41. The minimum Gasteiger partial charge on any atom is -0.508 e. The molecule has 18 heavy (non-hydrogen) atoms. The SMILES string of the molecule is CCc1c(F)c(O)cc2cc(O)cc(C(C)C)c12. The first kappa shape index (κ1) is 12.7. The monoisotopic (exact) mass is 248 g/mol. The van der Waals surface area contributed by atoms with E-state index >= 15 is 0 Å². The molecule has 0 saturated heterocycles. The summed E-state index contributed by atoms with van der Waals surface area (Å²) in [6.45, 7) is 5.85. The number of rotatable bonds is 2. The molecule has 2 aromatic carbocycles. The Balaban J connectivity index is 2.96. The Bertz CT molecular complexity index is 603. The number of benzene rings is 2. The molecule has 2 rings (SSSR count). The Morgan fingerprint density at radius 1 is 1.17 bits per heavy atom. The van der Waals surface area contributed by atoms with Crippen LogP contribution in [0.25, 0.3) is 10.8 Å². The molecule has 2 N–H and O–H groups in total. The maximum absolute atomic E-state index is 14.0. The molecule has 0 radical (unpaired) electrons. The Labute approximate surface area is 106 Å². The molecular formula is C15H17FO2. The summed E-state index contributed by atoms with van der Waals surface area (Å²) in [7, 11) is 0. The molecule has 0 unspecified atom stereocenters. The highest BCUT2D eigenvalue weighted by Gasteiger charge is 2.16. The first-order valence-corrected chi connectivity index (χ1v) is 6.12. The second kappa shape index (κ2) is 4.48. The number of aryl methyl sites for hydroxylation is 1. The van der Waals surface area contributed by atoms with Gasteiger partial charge in [-0.1, -0.05) is 20.8 Å². The summed E-state index contributed by atoms with van der Waals surface area (Å²) < 4.78 is 14.0. The van der Waals surface area contributed by atoms with Crippen LogP contribution in [0.5, 0.6) is 11.5 Å². The molecule has 2 aromatic rings. The number of phenols is 2. The van der Waals surface area contributed by atoms with E-state index in [1.165, 1.54) is 6.07 Å². The lowest BCUT2D eigenvalue weighted by molar-refractivity contribution is 0.430. The second-order valence-corrected chi connectivity index (χ2v) is 4.83. The van der Waals surface area contributed by atoms with E-state index in [1.807, 2.05) is 20.8 Å². The van der Waals surface area contributed by atoms with Crippen molar-refractivity contribution in [3.8, 4) is 11.5 Å². The first-order chi connectivity index (χ1) is 8.45. The van der Waals surface area contributed by atoms with Crippen molar-refractivity contribution in [2.75, 3.05) is 0 Å². The van der Waals surface area contributed by atoms with Gasteiger partial charge < -0.3 is 10.2 Å². The Hall–Kier alpha value is -1.77. The Morgan fingerprint density at radius 2 is 1.83 bits per heavy atom. The lowest BCUT2D eigenvalue weighted by Crippen LogP contribution is -1.97. The Morgan fingerprint density at radius 3 is 2.39 bits per heavy atom. The van der Waals surface area contributed by atoms with Gasteiger partial charge in [0.2, 0.25) is 0 Å². The molecule has 2 nitrogen and oxygen atoms in total. The molecule has 0 bridgehead atoms. The summed E-state index contributed by atoms with van der Waals surface area (Å²) in [4.78, 5) is 0. The van der Waals surface area contributed by atoms with Crippen molar-refractivity contribution >= 4 is 10.8 Å². The molecule has 96 valence electrons. The van der Waals surface area contributed by atoms with Gasteiger partial charge in [0.05, 0.1) is 0 Å². The maximum atomic E-state index is 14.0.